The standard InChI is InChI=1S/C25H17F2N3O4.C24H14F2N4O4.C24H15F2N3O5.C24H17N3O7/c26-15-5-6-17(12-3-4-12)29-18(15)11-30-19-10-16(27)13-7-9-34-23(13)21(19)20(22(30)25(32)33)14-2-1-8-28-24(14)31;25-14-7-17-16(28-10-29-17)6-11(14)9-30-18-8-15(26)12-3-5-34-22(12)20(18)19(21(30)24(32)33)13-2-1-4-27-23(13)31;25-15-4-3-11(22(27)30)8-12(15)10-29-17-9-16(26)13-5-7-34-21(13)19(17)18(20(29)24(32)33)14-2-1-6-28-23(14)31;1-33-18-7-5-15(27(31)32)11-14(18)12-26-17-6-4-13-8-10-34-22(13)20(17)19(21(26)24(29)30)16-3-2-9-25-23(16)28/h1-2,5-10,12H,3-4,11H2,(H,28,31)(H,32,33);1-8,10H,9H2,(H,27,31)(H,28,29)(H,32,33);1-9H,10H2,(H2,27,30)(H,28,31)(H,32,33);2-11H,12H2,1H3,(H,25,28)(H,29,30). The van der Waals surface area contributed by atoms with Gasteiger partial charge in [-0.05, 0) is 158 Å². The van der Waals surface area contributed by atoms with E-state index in [2.05, 4.69) is 34.9 Å². The molecule has 1 aliphatic carbocycles. The van der Waals surface area contributed by atoms with Crippen LogP contribution in [-0.4, -0.2) is 115 Å². The third kappa shape index (κ3) is 15.1. The lowest BCUT2D eigenvalue weighted by molar-refractivity contribution is -0.384. The Morgan fingerprint density at radius 2 is 0.875 bits per heavy atom. The molecule has 14 aromatic heterocycles. The number of primary amides is 1. The van der Waals surface area contributed by atoms with Gasteiger partial charge in [0.15, 0.2) is 0 Å². The maximum Gasteiger partial charge on any atom is 0.353 e. The monoisotopic (exact) mass is 1840 g/mol. The smallest absolute Gasteiger partial charge is 0.353 e. The second kappa shape index (κ2) is 34.4. The molecule has 0 unspecified atom stereocenters. The molecular formula is C97H63F6N13O20. The van der Waals surface area contributed by atoms with Crippen LogP contribution in [-0.2, 0) is 26.2 Å². The number of ether oxygens (including phenoxy) is 1. The number of amides is 1. The molecule has 22 rings (SSSR count). The minimum Gasteiger partial charge on any atom is -0.496 e. The second-order valence-electron chi connectivity index (χ2n) is 31.4. The Morgan fingerprint density at radius 3 is 1.31 bits per heavy atom. The molecule has 678 valence electrons. The Hall–Kier alpha value is -18.6. The van der Waals surface area contributed by atoms with Gasteiger partial charge < -0.3 is 91.8 Å². The average Bonchev–Trinajstić information content (AvgIpc) is 1.58. The van der Waals surface area contributed by atoms with Crippen molar-refractivity contribution in [2.75, 3.05) is 7.11 Å². The molecule has 0 aliphatic heterocycles. The number of nitrogens with two attached hydrogens (primary N) is 1. The predicted octanol–water partition coefficient (Wildman–Crippen LogP) is 18.0. The van der Waals surface area contributed by atoms with E-state index in [1.165, 1.54) is 185 Å². The van der Waals surface area contributed by atoms with Crippen molar-refractivity contribution in [3.8, 4) is 50.3 Å². The van der Waals surface area contributed by atoms with Crippen molar-refractivity contribution in [2.24, 2.45) is 5.73 Å². The average molecular weight is 1840 g/mol. The molecule has 136 heavy (non-hydrogen) atoms. The number of halogens is 6. The lowest BCUT2D eigenvalue weighted by Crippen LogP contribution is -2.15. The number of carbonyl (C=O) groups is 5. The number of H-pyrrole nitrogens is 5. The van der Waals surface area contributed by atoms with Gasteiger partial charge in [0.1, 0.15) is 85.8 Å². The number of aromatic carboxylic acids is 4. The van der Waals surface area contributed by atoms with E-state index in [4.69, 9.17) is 28.1 Å². The number of methoxy groups -OCH3 is 1. The molecule has 33 nitrogen and oxygen atoms in total. The van der Waals surface area contributed by atoms with E-state index in [9.17, 15) is 100 Å². The van der Waals surface area contributed by atoms with Crippen molar-refractivity contribution < 1.29 is 98.1 Å². The second-order valence-corrected chi connectivity index (χ2v) is 31.4. The number of nitrogens with zero attached hydrogens (tertiary/aromatic N) is 7. The number of rotatable bonds is 20. The molecule has 0 bridgehead atoms. The van der Waals surface area contributed by atoms with Crippen LogP contribution in [0.15, 0.2) is 257 Å². The third-order valence-corrected chi connectivity index (χ3v) is 23.6. The van der Waals surface area contributed by atoms with Gasteiger partial charge >= 0.3 is 23.9 Å². The number of nitro groups is 1. The molecule has 7 aromatic carbocycles. The van der Waals surface area contributed by atoms with Crippen molar-refractivity contribution in [1.82, 2.24) is 53.2 Å². The van der Waals surface area contributed by atoms with Gasteiger partial charge in [-0.3, -0.25) is 39.1 Å². The van der Waals surface area contributed by atoms with Crippen LogP contribution in [0.2, 0.25) is 0 Å². The third-order valence-electron chi connectivity index (χ3n) is 23.6. The van der Waals surface area contributed by atoms with Crippen LogP contribution in [0, 0.1) is 45.0 Å². The number of carboxylic acid groups (broad SMARTS) is 4. The summed E-state index contributed by atoms with van der Waals surface area (Å²) in [6, 6.07) is 38.4. The molecule has 0 atom stereocenters. The van der Waals surface area contributed by atoms with Crippen molar-refractivity contribution in [3.05, 3.63) is 363 Å². The maximum atomic E-state index is 15.0. The zero-order valence-corrected chi connectivity index (χ0v) is 69.9. The molecular weight excluding hydrogens is 1780 g/mol. The number of imidazole rings is 1. The topological polar surface area (TPSA) is 490 Å². The summed E-state index contributed by atoms with van der Waals surface area (Å²) < 4.78 is 122. The molecule has 0 radical (unpaired) electrons. The molecule has 1 aliphatic rings. The number of furan rings is 4. The van der Waals surface area contributed by atoms with E-state index < -0.39 is 91.8 Å². The summed E-state index contributed by atoms with van der Waals surface area (Å²) in [5.74, 6) is -9.44. The van der Waals surface area contributed by atoms with E-state index in [-0.39, 0.29) is 193 Å². The molecule has 1 amide bonds. The van der Waals surface area contributed by atoms with Crippen LogP contribution in [0.5, 0.6) is 5.75 Å². The van der Waals surface area contributed by atoms with E-state index in [1.807, 2.05) is 0 Å². The van der Waals surface area contributed by atoms with Crippen molar-refractivity contribution in [2.45, 2.75) is 44.9 Å². The lowest BCUT2D eigenvalue weighted by Gasteiger charge is -2.12. The zero-order chi connectivity index (χ0) is 95.2. The summed E-state index contributed by atoms with van der Waals surface area (Å²) in [7, 11) is 1.43. The van der Waals surface area contributed by atoms with Gasteiger partial charge in [0.05, 0.1) is 168 Å². The van der Waals surface area contributed by atoms with Crippen molar-refractivity contribution in [1.29, 1.82) is 0 Å². The number of benzene rings is 7. The molecule has 21 aromatic rings. The van der Waals surface area contributed by atoms with Gasteiger partial charge in [0.2, 0.25) is 5.91 Å². The predicted molar refractivity (Wildman–Crippen MR) is 482 cm³/mol. The first-order chi connectivity index (χ1) is 65.5. The van der Waals surface area contributed by atoms with Crippen molar-refractivity contribution >= 4 is 134 Å². The normalized spacial score (nSPS) is 12.0. The molecule has 0 saturated heterocycles. The Labute approximate surface area is 752 Å². The highest BCUT2D eigenvalue weighted by atomic mass is 19.1. The molecule has 1 saturated carbocycles. The summed E-state index contributed by atoms with van der Waals surface area (Å²) in [5.41, 5.74) is 6.45. The van der Waals surface area contributed by atoms with Gasteiger partial charge in [-0.25, -0.2) is 50.5 Å². The highest BCUT2D eigenvalue weighted by molar-refractivity contribution is 6.21. The Balaban J connectivity index is 0.000000116. The minimum absolute atomic E-state index is 0.00392. The van der Waals surface area contributed by atoms with Crippen LogP contribution in [0.1, 0.15) is 99.1 Å². The number of nitro benzene ring substituents is 1. The van der Waals surface area contributed by atoms with E-state index in [0.717, 1.165) is 36.1 Å². The fourth-order valence-electron chi connectivity index (χ4n) is 17.5. The van der Waals surface area contributed by atoms with Crippen LogP contribution in [0.3, 0.4) is 0 Å². The SMILES string of the molecule is COc1ccc([N+](=O)[O-])cc1Cn1c(C(=O)O)c(-c2ccc[nH]c2=O)c2c3occc3ccc21.NC(=O)c1ccc(F)c(Cn2c(C(=O)O)c(-c3ccc[nH]c3=O)c3c4occc4c(F)cc32)c1.O=C(O)c1c(-c2ccc[nH]c2=O)c2c3occc3c(F)cc2n1Cc1cc2[nH]cnc2cc1F.O=C(O)c1c(-c2ccc[nH]c2=O)c2c3occc3c(F)cc2n1Cc1nc(C2CC2)ccc1F. The number of hydrogen-bond acceptors (Lipinski definition) is 18. The summed E-state index contributed by atoms with van der Waals surface area (Å²) in [6.07, 6.45) is 14.4. The molecule has 39 heteroatoms. The van der Waals surface area contributed by atoms with Crippen LogP contribution < -0.4 is 32.7 Å². The Bertz CT molecular complexity index is 8890. The van der Waals surface area contributed by atoms with Crippen LogP contribution in [0.4, 0.5) is 32.0 Å². The van der Waals surface area contributed by atoms with E-state index in [0.29, 0.717) is 38.8 Å². The molecule has 11 N–H and O–H groups in total. The first-order valence-electron chi connectivity index (χ1n) is 41.1. The van der Waals surface area contributed by atoms with Gasteiger partial charge in [0.25, 0.3) is 27.9 Å². The van der Waals surface area contributed by atoms with Gasteiger partial charge in [-0.2, -0.15) is 0 Å². The number of carboxylic acids is 4. The number of aromatic amines is 5. The maximum absolute atomic E-state index is 15.0. The molecule has 0 spiro atoms. The zero-order valence-electron chi connectivity index (χ0n) is 69.9. The number of carbonyl (C=O) groups excluding carboxylic acids is 1. The number of hydrogen-bond donors (Lipinski definition) is 10. The quantitative estimate of drug-likeness (QED) is 0.0192. The van der Waals surface area contributed by atoms with E-state index >= 15 is 0 Å². The molecule has 1 fully saturated rings. The fraction of sp³-hybridized carbons (Fsp3) is 0.0825. The first-order valence-corrected chi connectivity index (χ1v) is 41.1. The Kier molecular flexibility index (Phi) is 21.9. The summed E-state index contributed by atoms with van der Waals surface area (Å²) in [4.78, 5) is 145. The fourth-order valence-corrected chi connectivity index (χ4v) is 17.5. The van der Waals surface area contributed by atoms with E-state index in [1.54, 1.807) is 48.5 Å². The van der Waals surface area contributed by atoms with Gasteiger partial charge in [-0.15, -0.1) is 0 Å². The number of non-ortho nitro benzene ring substituents is 1. The summed E-state index contributed by atoms with van der Waals surface area (Å²) in [6.45, 7) is -0.947. The largest absolute Gasteiger partial charge is 0.496 e. The first kappa shape index (κ1) is 86.8. The number of fused-ring (bicyclic) bond motifs is 13. The minimum atomic E-state index is -1.43. The summed E-state index contributed by atoms with van der Waals surface area (Å²) >= 11 is 0. The molecule has 14 heterocycles. The highest BCUT2D eigenvalue weighted by Gasteiger charge is 2.36. The van der Waals surface area contributed by atoms with Crippen LogP contribution >= 0.6 is 0 Å². The van der Waals surface area contributed by atoms with Gasteiger partial charge in [-0.1, -0.05) is 0 Å². The van der Waals surface area contributed by atoms with Crippen molar-refractivity contribution in [3.63, 3.8) is 0 Å². The lowest BCUT2D eigenvalue weighted by atomic mass is 10.0. The van der Waals surface area contributed by atoms with Gasteiger partial charge in [0, 0.05) is 104 Å². The van der Waals surface area contributed by atoms with Crippen LogP contribution in [0.25, 0.3) is 143 Å². The number of aromatic nitrogens is 11. The number of nitrogens with one attached hydrogen (secondary N) is 5. The highest BCUT2D eigenvalue weighted by Crippen LogP contribution is 2.47. The number of pyridine rings is 5. The Morgan fingerprint density at radius 1 is 0.456 bits per heavy atom. The summed E-state index contributed by atoms with van der Waals surface area (Å²) in [5, 5.41) is 54.5.